The fourth-order valence-corrected chi connectivity index (χ4v) is 27.8. The number of rotatable bonds is 7. The van der Waals surface area contributed by atoms with E-state index >= 15 is 0 Å². The van der Waals surface area contributed by atoms with Gasteiger partial charge in [-0.1, -0.05) is 99.7 Å². The van der Waals surface area contributed by atoms with Crippen LogP contribution in [0.3, 0.4) is 0 Å². The summed E-state index contributed by atoms with van der Waals surface area (Å²) >= 11 is 0. The first kappa shape index (κ1) is 27.6. The Balaban J connectivity index is 2.52. The molecule has 0 bridgehead atoms. The fourth-order valence-electron chi connectivity index (χ4n) is 6.66. The van der Waals surface area contributed by atoms with Crippen LogP contribution in [0.25, 0.3) is 0 Å². The van der Waals surface area contributed by atoms with Gasteiger partial charge in [-0.3, -0.25) is 0 Å². The van der Waals surface area contributed by atoms with Crippen molar-refractivity contribution in [3.8, 4) is 0 Å². The van der Waals surface area contributed by atoms with Gasteiger partial charge in [-0.05, 0) is 67.6 Å². The Morgan fingerprint density at radius 3 is 1.29 bits per heavy atom. The van der Waals surface area contributed by atoms with E-state index in [1.807, 2.05) is 0 Å². The van der Waals surface area contributed by atoms with Crippen molar-refractivity contribution in [1.82, 2.24) is 0 Å². The van der Waals surface area contributed by atoms with E-state index in [-0.39, 0.29) is 10.5 Å². The van der Waals surface area contributed by atoms with Crippen molar-refractivity contribution in [3.63, 3.8) is 0 Å². The summed E-state index contributed by atoms with van der Waals surface area (Å²) in [5.41, 5.74) is 2.87. The molecule has 1 aliphatic heterocycles. The topological polar surface area (TPSA) is 18.5 Å². The third-order valence-corrected chi connectivity index (χ3v) is 21.8. The monoisotopic (exact) mass is 526 g/mol. The zero-order valence-electron chi connectivity index (χ0n) is 23.6. The SMILES string of the molecule is CC(C)(C)C1=C([Si](C)(O[Si](C)(C)C)O[Si](C)(C)C)C(c2ccccc2)(c2ccccc2)[Si]1(C)C. The van der Waals surface area contributed by atoms with Gasteiger partial charge in [-0.15, -0.1) is 0 Å². The summed E-state index contributed by atoms with van der Waals surface area (Å²) in [6, 6.07) is 22.5. The van der Waals surface area contributed by atoms with Crippen LogP contribution in [0.5, 0.6) is 0 Å². The summed E-state index contributed by atoms with van der Waals surface area (Å²) in [6.07, 6.45) is 0. The maximum atomic E-state index is 7.28. The molecule has 2 aromatic rings. The van der Waals surface area contributed by atoms with Gasteiger partial charge in [0.1, 0.15) is 0 Å². The van der Waals surface area contributed by atoms with Gasteiger partial charge in [0.05, 0.1) is 8.07 Å². The van der Waals surface area contributed by atoms with E-state index in [4.69, 9.17) is 8.23 Å². The number of benzene rings is 2. The lowest BCUT2D eigenvalue weighted by Gasteiger charge is -2.65. The van der Waals surface area contributed by atoms with Crippen LogP contribution in [0.2, 0.25) is 58.9 Å². The van der Waals surface area contributed by atoms with Crippen LogP contribution >= 0.6 is 0 Å². The molecular weight excluding hydrogens is 481 g/mol. The van der Waals surface area contributed by atoms with Gasteiger partial charge in [0.15, 0.2) is 16.6 Å². The van der Waals surface area contributed by atoms with Crippen LogP contribution in [0.4, 0.5) is 0 Å². The number of allylic oxidation sites excluding steroid dienone is 2. The normalized spacial score (nSPS) is 18.6. The minimum Gasteiger partial charge on any atom is -0.434 e. The van der Waals surface area contributed by atoms with E-state index in [2.05, 4.69) is 140 Å². The highest BCUT2D eigenvalue weighted by Crippen LogP contribution is 2.65. The Bertz CT molecular complexity index is 984. The summed E-state index contributed by atoms with van der Waals surface area (Å²) < 4.78 is 14.6. The molecule has 0 saturated heterocycles. The quantitative estimate of drug-likeness (QED) is 0.337. The highest BCUT2D eigenvalue weighted by molar-refractivity contribution is 7.01. The first-order valence-electron chi connectivity index (χ1n) is 12.6. The first-order valence-corrected chi connectivity index (χ1v) is 24.8. The van der Waals surface area contributed by atoms with E-state index in [1.165, 1.54) is 16.3 Å². The molecule has 0 spiro atoms. The molecule has 0 aromatic heterocycles. The van der Waals surface area contributed by atoms with Crippen molar-refractivity contribution in [1.29, 1.82) is 0 Å². The average molecular weight is 527 g/mol. The van der Waals surface area contributed by atoms with Gasteiger partial charge < -0.3 is 8.23 Å². The summed E-state index contributed by atoms with van der Waals surface area (Å²) in [5, 5.41) is 3.00. The molecule has 0 atom stereocenters. The van der Waals surface area contributed by atoms with Gasteiger partial charge in [-0.2, -0.15) is 0 Å². The van der Waals surface area contributed by atoms with E-state index < -0.39 is 33.3 Å². The molecule has 34 heavy (non-hydrogen) atoms. The Morgan fingerprint density at radius 2 is 1.00 bits per heavy atom. The van der Waals surface area contributed by atoms with Crippen molar-refractivity contribution in [2.24, 2.45) is 5.41 Å². The molecule has 6 heteroatoms. The maximum Gasteiger partial charge on any atom is 0.345 e. The van der Waals surface area contributed by atoms with Crippen molar-refractivity contribution >= 4 is 33.3 Å². The Kier molecular flexibility index (Phi) is 7.14. The number of hydrogen-bond donors (Lipinski definition) is 0. The van der Waals surface area contributed by atoms with Gasteiger partial charge in [0, 0.05) is 5.04 Å². The highest BCUT2D eigenvalue weighted by atomic mass is 28.5. The molecule has 3 rings (SSSR count). The molecule has 2 nitrogen and oxygen atoms in total. The smallest absolute Gasteiger partial charge is 0.345 e. The van der Waals surface area contributed by atoms with Crippen LogP contribution in [0, 0.1) is 5.41 Å². The van der Waals surface area contributed by atoms with Crippen molar-refractivity contribution in [2.45, 2.75) is 84.7 Å². The fraction of sp³-hybridized carbons (Fsp3) is 0.500. The highest BCUT2D eigenvalue weighted by Gasteiger charge is 2.70. The molecule has 0 radical (unpaired) electrons. The van der Waals surface area contributed by atoms with Gasteiger partial charge in [0.2, 0.25) is 0 Å². The summed E-state index contributed by atoms with van der Waals surface area (Å²) in [5.74, 6) is 0. The van der Waals surface area contributed by atoms with Crippen LogP contribution in [0.15, 0.2) is 71.1 Å². The van der Waals surface area contributed by atoms with Crippen LogP contribution in [0.1, 0.15) is 31.9 Å². The lowest BCUT2D eigenvalue weighted by atomic mass is 9.83. The lowest BCUT2D eigenvalue weighted by molar-refractivity contribution is 0.382. The molecule has 2 aromatic carbocycles. The number of hydrogen-bond acceptors (Lipinski definition) is 2. The summed E-state index contributed by atoms with van der Waals surface area (Å²) in [6.45, 7) is 28.6. The van der Waals surface area contributed by atoms with Crippen molar-refractivity contribution in [2.75, 3.05) is 0 Å². The van der Waals surface area contributed by atoms with Crippen LogP contribution in [-0.2, 0) is 13.3 Å². The molecule has 1 heterocycles. The zero-order valence-corrected chi connectivity index (χ0v) is 27.6. The first-order chi connectivity index (χ1) is 15.4. The molecule has 0 unspecified atom stereocenters. The Hall–Kier alpha value is -1.03. The molecule has 0 saturated carbocycles. The minimum atomic E-state index is -2.76. The van der Waals surface area contributed by atoms with Crippen molar-refractivity contribution < 1.29 is 8.23 Å². The molecular formula is C28H46O2Si4. The van der Waals surface area contributed by atoms with Gasteiger partial charge in [-0.25, -0.2) is 0 Å². The van der Waals surface area contributed by atoms with Gasteiger partial charge >= 0.3 is 8.56 Å². The minimum absolute atomic E-state index is 0.0674. The Labute approximate surface area is 213 Å². The lowest BCUT2D eigenvalue weighted by Crippen LogP contribution is -2.73. The molecule has 0 fully saturated rings. The van der Waals surface area contributed by atoms with Crippen molar-refractivity contribution in [3.05, 3.63) is 82.2 Å². The van der Waals surface area contributed by atoms with E-state index in [1.54, 1.807) is 5.20 Å². The Morgan fingerprint density at radius 1 is 0.647 bits per heavy atom. The summed E-state index contributed by atoms with van der Waals surface area (Å²) in [4.78, 5) is 0. The molecule has 1 aliphatic rings. The van der Waals surface area contributed by atoms with E-state index in [0.717, 1.165) is 0 Å². The third kappa shape index (κ3) is 4.82. The van der Waals surface area contributed by atoms with Crippen LogP contribution < -0.4 is 0 Å². The maximum absolute atomic E-state index is 7.28. The van der Waals surface area contributed by atoms with E-state index in [9.17, 15) is 0 Å². The van der Waals surface area contributed by atoms with E-state index in [0.29, 0.717) is 0 Å². The second-order valence-electron chi connectivity index (χ2n) is 13.5. The third-order valence-electron chi connectivity index (χ3n) is 6.81. The molecule has 0 aliphatic carbocycles. The van der Waals surface area contributed by atoms with Gasteiger partial charge in [0.25, 0.3) is 0 Å². The predicted molar refractivity (Wildman–Crippen MR) is 158 cm³/mol. The second-order valence-corrected chi connectivity index (χ2v) is 30.5. The molecule has 0 N–H and O–H groups in total. The predicted octanol–water partition coefficient (Wildman–Crippen LogP) is 8.43. The molecule has 186 valence electrons. The zero-order chi connectivity index (χ0) is 25.8. The average Bonchev–Trinajstić information content (AvgIpc) is 2.64. The van der Waals surface area contributed by atoms with Crippen LogP contribution in [-0.4, -0.2) is 33.3 Å². The second kappa shape index (κ2) is 8.82. The standard InChI is InChI=1S/C28H46O2Si4/c1-27(2,3)25-26(34(12,29-31(4,5)6)30-32(7,8)9)28(33(25,10)11,23-19-15-13-16-20-23)24-21-17-14-18-22-24/h13-22H,1-12H3. The summed E-state index contributed by atoms with van der Waals surface area (Å²) in [7, 11) is -8.57. The largest absolute Gasteiger partial charge is 0.434 e. The molecule has 0 amide bonds.